The van der Waals surface area contributed by atoms with Gasteiger partial charge in [-0.2, -0.15) is 0 Å². The molecule has 14 heavy (non-hydrogen) atoms. The predicted molar refractivity (Wildman–Crippen MR) is 68.5 cm³/mol. The van der Waals surface area contributed by atoms with Crippen molar-refractivity contribution in [2.75, 3.05) is 0 Å². The largest absolute Gasteiger partial charge is 0.458 e. The molecule has 1 heterocycles. The molecule has 1 aromatic heterocycles. The molecule has 0 spiro atoms. The third-order valence-corrected chi connectivity index (χ3v) is 3.44. The van der Waals surface area contributed by atoms with Crippen LogP contribution < -0.4 is 0 Å². The average Bonchev–Trinajstić information content (AvgIpc) is 2.58. The predicted octanol–water partition coefficient (Wildman–Crippen LogP) is 4.79. The van der Waals surface area contributed by atoms with Crippen molar-refractivity contribution in [2.45, 2.75) is 51.9 Å². The van der Waals surface area contributed by atoms with E-state index in [1.165, 1.54) is 50.5 Å². The molecule has 0 atom stereocenters. The number of unbranched alkanes of at least 4 members (excludes halogenated alkanes) is 5. The molecule has 0 aromatic carbocycles. The minimum Gasteiger partial charge on any atom is -0.458 e. The van der Waals surface area contributed by atoms with Gasteiger partial charge in [-0.3, -0.25) is 0 Å². The number of aryl methyl sites for hydroxylation is 1. The third kappa shape index (κ3) is 4.49. The second-order valence-corrected chi connectivity index (χ2v) is 4.72. The van der Waals surface area contributed by atoms with Crippen molar-refractivity contribution in [3.8, 4) is 0 Å². The second kappa shape index (κ2) is 7.32. The zero-order valence-corrected chi connectivity index (χ0v) is 11.0. The lowest BCUT2D eigenvalue weighted by Gasteiger charge is -1.99. The van der Waals surface area contributed by atoms with Gasteiger partial charge in [0, 0.05) is 5.56 Å². The Morgan fingerprint density at radius 1 is 1.14 bits per heavy atom. The molecule has 1 nitrogen and oxygen atoms in total. The van der Waals surface area contributed by atoms with Gasteiger partial charge in [-0.05, 0) is 41.5 Å². The van der Waals surface area contributed by atoms with Crippen LogP contribution in [0.1, 0.15) is 51.0 Å². The van der Waals surface area contributed by atoms with Crippen LogP contribution in [0.5, 0.6) is 0 Å². The summed E-state index contributed by atoms with van der Waals surface area (Å²) >= 11 is 2.26. The number of hydrogen-bond donors (Lipinski definition) is 0. The van der Waals surface area contributed by atoms with Gasteiger partial charge in [0.25, 0.3) is 0 Å². The molecular formula is C12H19IO. The van der Waals surface area contributed by atoms with E-state index >= 15 is 0 Å². The van der Waals surface area contributed by atoms with Crippen molar-refractivity contribution in [2.24, 2.45) is 0 Å². The van der Waals surface area contributed by atoms with E-state index in [1.54, 1.807) is 6.26 Å². The fraction of sp³-hybridized carbons (Fsp3) is 0.667. The van der Waals surface area contributed by atoms with E-state index < -0.39 is 0 Å². The Bertz CT molecular complexity index is 242. The molecule has 80 valence electrons. The van der Waals surface area contributed by atoms with Crippen LogP contribution in [0.4, 0.5) is 0 Å². The zero-order valence-electron chi connectivity index (χ0n) is 8.89. The Hall–Kier alpha value is 0.01000. The van der Waals surface area contributed by atoms with E-state index in [9.17, 15) is 0 Å². The quantitative estimate of drug-likeness (QED) is 0.521. The summed E-state index contributed by atoms with van der Waals surface area (Å²) in [7, 11) is 0. The molecule has 0 bridgehead atoms. The van der Waals surface area contributed by atoms with Crippen molar-refractivity contribution in [3.05, 3.63) is 21.7 Å². The second-order valence-electron chi connectivity index (χ2n) is 3.74. The van der Waals surface area contributed by atoms with Crippen LogP contribution in [0.2, 0.25) is 0 Å². The van der Waals surface area contributed by atoms with Crippen LogP contribution in [-0.4, -0.2) is 0 Å². The first-order chi connectivity index (χ1) is 6.84. The van der Waals surface area contributed by atoms with Crippen LogP contribution in [-0.2, 0) is 6.42 Å². The molecule has 0 amide bonds. The zero-order chi connectivity index (χ0) is 10.2. The van der Waals surface area contributed by atoms with Crippen molar-refractivity contribution in [3.63, 3.8) is 0 Å². The molecule has 1 aromatic rings. The highest BCUT2D eigenvalue weighted by Crippen LogP contribution is 2.16. The molecular weight excluding hydrogens is 287 g/mol. The SMILES string of the molecule is CCCCCCCCc1ccoc1I. The summed E-state index contributed by atoms with van der Waals surface area (Å²) in [5.41, 5.74) is 1.38. The minimum absolute atomic E-state index is 1.07. The topological polar surface area (TPSA) is 13.1 Å². The first-order valence-electron chi connectivity index (χ1n) is 5.56. The molecule has 1 rings (SSSR count). The summed E-state index contributed by atoms with van der Waals surface area (Å²) in [6, 6.07) is 2.09. The first kappa shape index (κ1) is 12.1. The lowest BCUT2D eigenvalue weighted by atomic mass is 10.1. The fourth-order valence-corrected chi connectivity index (χ4v) is 2.19. The van der Waals surface area contributed by atoms with Crippen LogP contribution in [0.3, 0.4) is 0 Å². The Labute approximate surface area is 100 Å². The highest BCUT2D eigenvalue weighted by atomic mass is 127. The maximum absolute atomic E-state index is 5.25. The summed E-state index contributed by atoms with van der Waals surface area (Å²) < 4.78 is 6.31. The maximum atomic E-state index is 5.25. The van der Waals surface area contributed by atoms with Crippen molar-refractivity contribution in [1.82, 2.24) is 0 Å². The highest BCUT2D eigenvalue weighted by molar-refractivity contribution is 14.1. The molecule has 0 fully saturated rings. The van der Waals surface area contributed by atoms with Gasteiger partial charge in [-0.15, -0.1) is 0 Å². The van der Waals surface area contributed by atoms with E-state index in [1.807, 2.05) is 0 Å². The number of furan rings is 1. The molecule has 0 unspecified atom stereocenters. The van der Waals surface area contributed by atoms with Gasteiger partial charge in [0.15, 0.2) is 3.77 Å². The van der Waals surface area contributed by atoms with Gasteiger partial charge in [0.2, 0.25) is 0 Å². The standard InChI is InChI=1S/C12H19IO/c1-2-3-4-5-6-7-8-11-9-10-14-12(11)13/h9-10H,2-8H2,1H3. The lowest BCUT2D eigenvalue weighted by Crippen LogP contribution is -1.85. The summed E-state index contributed by atoms with van der Waals surface area (Å²) in [6.07, 6.45) is 11.2. The number of rotatable bonds is 7. The van der Waals surface area contributed by atoms with Crippen LogP contribution in [0.25, 0.3) is 0 Å². The summed E-state index contributed by atoms with van der Waals surface area (Å²) in [5.74, 6) is 0. The number of hydrogen-bond acceptors (Lipinski definition) is 1. The Balaban J connectivity index is 2.02. The molecule has 0 aliphatic carbocycles. The lowest BCUT2D eigenvalue weighted by molar-refractivity contribution is 0.531. The van der Waals surface area contributed by atoms with Gasteiger partial charge in [0.05, 0.1) is 6.26 Å². The maximum Gasteiger partial charge on any atom is 0.166 e. The number of halogens is 1. The summed E-state index contributed by atoms with van der Waals surface area (Å²) in [5, 5.41) is 0. The Kier molecular flexibility index (Phi) is 6.32. The van der Waals surface area contributed by atoms with Crippen molar-refractivity contribution >= 4 is 22.6 Å². The van der Waals surface area contributed by atoms with E-state index in [4.69, 9.17) is 4.42 Å². The minimum atomic E-state index is 1.07. The molecule has 0 saturated heterocycles. The van der Waals surface area contributed by atoms with Crippen LogP contribution >= 0.6 is 22.6 Å². The van der Waals surface area contributed by atoms with E-state index in [0.29, 0.717) is 0 Å². The van der Waals surface area contributed by atoms with Crippen LogP contribution in [0.15, 0.2) is 16.7 Å². The Morgan fingerprint density at radius 3 is 2.50 bits per heavy atom. The molecule has 0 aliphatic rings. The van der Waals surface area contributed by atoms with Crippen molar-refractivity contribution in [1.29, 1.82) is 0 Å². The van der Waals surface area contributed by atoms with Gasteiger partial charge < -0.3 is 4.42 Å². The van der Waals surface area contributed by atoms with Crippen molar-refractivity contribution < 1.29 is 4.42 Å². The molecule has 0 saturated carbocycles. The third-order valence-electron chi connectivity index (χ3n) is 2.49. The van der Waals surface area contributed by atoms with E-state index in [0.717, 1.165) is 3.77 Å². The van der Waals surface area contributed by atoms with Gasteiger partial charge in [-0.1, -0.05) is 39.0 Å². The highest BCUT2D eigenvalue weighted by Gasteiger charge is 2.01. The van der Waals surface area contributed by atoms with Crippen LogP contribution in [0, 0.1) is 3.77 Å². The smallest absolute Gasteiger partial charge is 0.166 e. The molecule has 0 aliphatic heterocycles. The molecule has 0 radical (unpaired) electrons. The average molecular weight is 306 g/mol. The normalized spacial score (nSPS) is 10.7. The van der Waals surface area contributed by atoms with E-state index in [-0.39, 0.29) is 0 Å². The summed E-state index contributed by atoms with van der Waals surface area (Å²) in [6.45, 7) is 2.26. The van der Waals surface area contributed by atoms with Gasteiger partial charge in [-0.25, -0.2) is 0 Å². The Morgan fingerprint density at radius 2 is 1.86 bits per heavy atom. The van der Waals surface area contributed by atoms with E-state index in [2.05, 4.69) is 35.6 Å². The van der Waals surface area contributed by atoms with Gasteiger partial charge >= 0.3 is 0 Å². The summed E-state index contributed by atoms with van der Waals surface area (Å²) in [4.78, 5) is 0. The van der Waals surface area contributed by atoms with Gasteiger partial charge in [0.1, 0.15) is 0 Å². The fourth-order valence-electron chi connectivity index (χ4n) is 1.59. The first-order valence-corrected chi connectivity index (χ1v) is 6.64. The molecule has 2 heteroatoms. The monoisotopic (exact) mass is 306 g/mol. The molecule has 0 N–H and O–H groups in total.